The Balaban J connectivity index is 1.33. The van der Waals surface area contributed by atoms with Gasteiger partial charge in [0, 0.05) is 6.54 Å². The predicted octanol–water partition coefficient (Wildman–Crippen LogP) is 2.30. The molecule has 5 nitrogen and oxygen atoms in total. The Labute approximate surface area is 153 Å². The first kappa shape index (κ1) is 15.9. The van der Waals surface area contributed by atoms with Crippen molar-refractivity contribution in [2.24, 2.45) is 35.5 Å². The lowest BCUT2D eigenvalue weighted by atomic mass is 9.63. The molecular formula is C21H23NO4. The Kier molecular flexibility index (Phi) is 3.43. The van der Waals surface area contributed by atoms with Crippen LogP contribution in [-0.2, 0) is 16.0 Å². The minimum absolute atomic E-state index is 0.0465. The number of carbonyl (C=O) groups is 2. The Bertz CT molecular complexity index is 780. The van der Waals surface area contributed by atoms with Gasteiger partial charge < -0.3 is 9.47 Å². The highest BCUT2D eigenvalue weighted by atomic mass is 16.5. The summed E-state index contributed by atoms with van der Waals surface area (Å²) in [5.41, 5.74) is 1.03. The van der Waals surface area contributed by atoms with Crippen LogP contribution >= 0.6 is 0 Å². The molecule has 1 aliphatic heterocycles. The second-order valence-electron chi connectivity index (χ2n) is 7.92. The Hall–Kier alpha value is -2.30. The fourth-order valence-corrected chi connectivity index (χ4v) is 5.52. The molecule has 26 heavy (non-hydrogen) atoms. The third kappa shape index (κ3) is 2.09. The quantitative estimate of drug-likeness (QED) is 0.602. The molecule has 1 saturated heterocycles. The zero-order valence-corrected chi connectivity index (χ0v) is 15.1. The third-order valence-electron chi connectivity index (χ3n) is 6.83. The van der Waals surface area contributed by atoms with Crippen LogP contribution in [0.4, 0.5) is 0 Å². The number of amides is 2. The van der Waals surface area contributed by atoms with Gasteiger partial charge in [0.15, 0.2) is 11.5 Å². The summed E-state index contributed by atoms with van der Waals surface area (Å²) < 4.78 is 10.6. The van der Waals surface area contributed by atoms with Gasteiger partial charge in [0.1, 0.15) is 0 Å². The minimum Gasteiger partial charge on any atom is -0.493 e. The van der Waals surface area contributed by atoms with Gasteiger partial charge in [0.25, 0.3) is 0 Å². The van der Waals surface area contributed by atoms with Gasteiger partial charge in [0.2, 0.25) is 11.8 Å². The summed E-state index contributed by atoms with van der Waals surface area (Å²) in [5.74, 6) is 3.10. The number of hydrogen-bond acceptors (Lipinski definition) is 4. The fraction of sp³-hybridized carbons (Fsp3) is 0.524. The van der Waals surface area contributed by atoms with E-state index < -0.39 is 0 Å². The zero-order valence-electron chi connectivity index (χ0n) is 15.1. The molecule has 1 heterocycles. The van der Waals surface area contributed by atoms with E-state index in [4.69, 9.17) is 9.47 Å². The van der Waals surface area contributed by atoms with Crippen LogP contribution in [0.1, 0.15) is 12.0 Å². The summed E-state index contributed by atoms with van der Waals surface area (Å²) in [6.45, 7) is 0.439. The van der Waals surface area contributed by atoms with E-state index in [1.54, 1.807) is 14.2 Å². The lowest BCUT2D eigenvalue weighted by molar-refractivity contribution is -0.140. The van der Waals surface area contributed by atoms with Crippen LogP contribution in [0.3, 0.4) is 0 Å². The average Bonchev–Trinajstić information content (AvgIpc) is 3.45. The van der Waals surface area contributed by atoms with Crippen molar-refractivity contribution in [2.45, 2.75) is 12.8 Å². The number of allylic oxidation sites excluding steroid dienone is 2. The first-order valence-electron chi connectivity index (χ1n) is 9.38. The molecule has 1 aromatic rings. The smallest absolute Gasteiger partial charge is 0.233 e. The highest BCUT2D eigenvalue weighted by molar-refractivity contribution is 6.06. The van der Waals surface area contributed by atoms with Crippen molar-refractivity contribution < 1.29 is 19.1 Å². The van der Waals surface area contributed by atoms with E-state index in [9.17, 15) is 9.59 Å². The normalized spacial score (nSPS) is 36.2. The summed E-state index contributed by atoms with van der Waals surface area (Å²) >= 11 is 0. The third-order valence-corrected chi connectivity index (χ3v) is 6.83. The number of rotatable bonds is 5. The highest BCUT2D eigenvalue weighted by Gasteiger charge is 2.66. The molecule has 0 spiro atoms. The zero-order chi connectivity index (χ0) is 18.0. The molecule has 2 bridgehead atoms. The molecule has 2 saturated carbocycles. The second kappa shape index (κ2) is 5.60. The number of imide groups is 1. The molecule has 4 aliphatic carbocycles. The van der Waals surface area contributed by atoms with Crippen molar-refractivity contribution in [3.8, 4) is 11.5 Å². The molecule has 136 valence electrons. The van der Waals surface area contributed by atoms with Crippen molar-refractivity contribution in [1.82, 2.24) is 4.90 Å². The molecule has 6 rings (SSSR count). The van der Waals surface area contributed by atoms with Crippen molar-refractivity contribution in [3.05, 3.63) is 35.9 Å². The van der Waals surface area contributed by atoms with E-state index >= 15 is 0 Å². The lowest BCUT2D eigenvalue weighted by Crippen LogP contribution is -2.40. The molecule has 5 aliphatic rings. The average molecular weight is 353 g/mol. The Morgan fingerprint density at radius 2 is 1.58 bits per heavy atom. The van der Waals surface area contributed by atoms with Crippen LogP contribution in [0.5, 0.6) is 11.5 Å². The van der Waals surface area contributed by atoms with Gasteiger partial charge in [-0.05, 0) is 54.2 Å². The molecule has 2 amide bonds. The van der Waals surface area contributed by atoms with Gasteiger partial charge in [-0.1, -0.05) is 18.2 Å². The highest BCUT2D eigenvalue weighted by Crippen LogP contribution is 2.65. The summed E-state index contributed by atoms with van der Waals surface area (Å²) in [5, 5.41) is 0. The number of ether oxygens (including phenoxy) is 2. The molecule has 1 aromatic carbocycles. The minimum atomic E-state index is -0.105. The molecule has 0 radical (unpaired) electrons. The number of likely N-dealkylation sites (tertiary alicyclic amines) is 1. The number of nitrogens with zero attached hydrogens (tertiary/aromatic N) is 1. The summed E-state index contributed by atoms with van der Waals surface area (Å²) in [6.07, 6.45) is 6.25. The Morgan fingerprint density at radius 3 is 2.15 bits per heavy atom. The van der Waals surface area contributed by atoms with Gasteiger partial charge in [-0.3, -0.25) is 14.5 Å². The molecule has 3 fully saturated rings. The largest absolute Gasteiger partial charge is 0.493 e. The van der Waals surface area contributed by atoms with E-state index in [1.165, 1.54) is 11.3 Å². The maximum absolute atomic E-state index is 13.0. The molecule has 0 N–H and O–H groups in total. The maximum Gasteiger partial charge on any atom is 0.233 e. The van der Waals surface area contributed by atoms with Gasteiger partial charge in [-0.15, -0.1) is 0 Å². The number of benzene rings is 1. The number of carbonyl (C=O) groups excluding carboxylic acids is 2. The van der Waals surface area contributed by atoms with Crippen LogP contribution in [0.25, 0.3) is 0 Å². The maximum atomic E-state index is 13.0. The first-order valence-corrected chi connectivity index (χ1v) is 9.38. The van der Waals surface area contributed by atoms with E-state index in [1.807, 2.05) is 18.2 Å². The van der Waals surface area contributed by atoms with E-state index in [2.05, 4.69) is 12.2 Å². The first-order chi connectivity index (χ1) is 12.6. The molecular weight excluding hydrogens is 330 g/mol. The molecule has 0 aromatic heterocycles. The van der Waals surface area contributed by atoms with Gasteiger partial charge in [-0.2, -0.15) is 0 Å². The van der Waals surface area contributed by atoms with Crippen molar-refractivity contribution in [3.63, 3.8) is 0 Å². The summed E-state index contributed by atoms with van der Waals surface area (Å²) in [4.78, 5) is 27.5. The summed E-state index contributed by atoms with van der Waals surface area (Å²) in [7, 11) is 3.21. The molecule has 0 unspecified atom stereocenters. The van der Waals surface area contributed by atoms with Crippen LogP contribution in [-0.4, -0.2) is 37.5 Å². The van der Waals surface area contributed by atoms with Crippen LogP contribution in [0.2, 0.25) is 0 Å². The van der Waals surface area contributed by atoms with Crippen LogP contribution in [0, 0.1) is 35.5 Å². The van der Waals surface area contributed by atoms with Crippen molar-refractivity contribution >= 4 is 11.8 Å². The van der Waals surface area contributed by atoms with E-state index in [-0.39, 0.29) is 35.5 Å². The standard InChI is InChI=1S/C21H23NO4/c1-25-16-6-3-11(9-17(16)26-2)7-8-22-20(23)18-12-4-5-13(15-10-14(12)15)19(18)21(22)24/h3-6,9,12-15,18-19H,7-8,10H2,1-2H3/t12-,13-,14-,15-,18-,19+/m1/s1. The fourth-order valence-electron chi connectivity index (χ4n) is 5.52. The van der Waals surface area contributed by atoms with Crippen molar-refractivity contribution in [2.75, 3.05) is 20.8 Å². The lowest BCUT2D eigenvalue weighted by Gasteiger charge is -2.37. The monoisotopic (exact) mass is 353 g/mol. The van der Waals surface area contributed by atoms with Crippen molar-refractivity contribution in [1.29, 1.82) is 0 Å². The summed E-state index contributed by atoms with van der Waals surface area (Å²) in [6, 6.07) is 5.73. The Morgan fingerprint density at radius 1 is 0.962 bits per heavy atom. The number of hydrogen-bond donors (Lipinski definition) is 0. The SMILES string of the molecule is COc1ccc(CCN2C(=O)[C@@H]3[C@@H]4C=C[C@H]([C@H]5C[C@H]45)[C@@H]3C2=O)cc1OC. The number of methoxy groups -OCH3 is 2. The van der Waals surface area contributed by atoms with Crippen LogP contribution < -0.4 is 9.47 Å². The van der Waals surface area contributed by atoms with E-state index in [0.717, 1.165) is 5.56 Å². The molecule has 6 atom stereocenters. The van der Waals surface area contributed by atoms with Gasteiger partial charge >= 0.3 is 0 Å². The van der Waals surface area contributed by atoms with Gasteiger partial charge in [-0.25, -0.2) is 0 Å². The van der Waals surface area contributed by atoms with Gasteiger partial charge in [0.05, 0.1) is 26.1 Å². The topological polar surface area (TPSA) is 55.8 Å². The van der Waals surface area contributed by atoms with E-state index in [0.29, 0.717) is 36.3 Å². The molecule has 5 heteroatoms. The van der Waals surface area contributed by atoms with Crippen LogP contribution in [0.15, 0.2) is 30.4 Å². The predicted molar refractivity (Wildman–Crippen MR) is 94.7 cm³/mol. The second-order valence-corrected chi connectivity index (χ2v) is 7.92.